The number of carbonyl (C=O) groups is 2. The van der Waals surface area contributed by atoms with Gasteiger partial charge in [-0.2, -0.15) is 0 Å². The lowest BCUT2D eigenvalue weighted by atomic mass is 10.1. The average molecular weight is 264 g/mol. The smallest absolute Gasteiger partial charge is 0.328 e. The van der Waals surface area contributed by atoms with E-state index < -0.39 is 18.1 Å². The fraction of sp³-hybridized carbons (Fsp3) is 0.429. The van der Waals surface area contributed by atoms with Gasteiger partial charge in [-0.3, -0.25) is 4.79 Å². The van der Waals surface area contributed by atoms with Crippen LogP contribution in [0.2, 0.25) is 0 Å². The number of carbonyl (C=O) groups excluding carboxylic acids is 2. The molecule has 3 N–H and O–H groups in total. The van der Waals surface area contributed by atoms with Gasteiger partial charge in [-0.1, -0.05) is 37.3 Å². The lowest BCUT2D eigenvalue weighted by Gasteiger charge is -2.18. The van der Waals surface area contributed by atoms with E-state index in [2.05, 4.69) is 5.32 Å². The second kappa shape index (κ2) is 7.53. The summed E-state index contributed by atoms with van der Waals surface area (Å²) in [5.74, 6) is -0.811. The minimum absolute atomic E-state index is 0.339. The van der Waals surface area contributed by atoms with E-state index in [1.54, 1.807) is 0 Å². The minimum Gasteiger partial charge on any atom is -0.467 e. The Balaban J connectivity index is 2.73. The monoisotopic (exact) mass is 264 g/mol. The molecule has 0 radical (unpaired) electrons. The van der Waals surface area contributed by atoms with Crippen molar-refractivity contribution in [3.05, 3.63) is 35.9 Å². The van der Waals surface area contributed by atoms with Crippen LogP contribution in [0, 0.1) is 0 Å². The van der Waals surface area contributed by atoms with Crippen LogP contribution in [-0.2, 0) is 20.7 Å². The topological polar surface area (TPSA) is 81.4 Å². The van der Waals surface area contributed by atoms with Crippen molar-refractivity contribution >= 4 is 11.9 Å². The molecule has 1 aromatic carbocycles. The summed E-state index contributed by atoms with van der Waals surface area (Å²) < 4.78 is 4.70. The molecule has 5 heteroatoms. The SMILES string of the molecule is CC[C@@H](N)C(=O)NC(Cc1ccccc1)C(=O)OC. The van der Waals surface area contributed by atoms with E-state index in [0.717, 1.165) is 5.56 Å². The number of nitrogens with two attached hydrogens (primary N) is 1. The van der Waals surface area contributed by atoms with Crippen LogP contribution in [-0.4, -0.2) is 31.1 Å². The molecular weight excluding hydrogens is 244 g/mol. The first-order valence-electron chi connectivity index (χ1n) is 6.26. The molecule has 0 heterocycles. The van der Waals surface area contributed by atoms with Crippen LogP contribution in [0.25, 0.3) is 0 Å². The molecular formula is C14H20N2O3. The molecule has 0 fully saturated rings. The van der Waals surface area contributed by atoms with Gasteiger partial charge < -0.3 is 15.8 Å². The van der Waals surface area contributed by atoms with Gasteiger partial charge in [0.1, 0.15) is 6.04 Å². The summed E-state index contributed by atoms with van der Waals surface area (Å²) in [6.45, 7) is 1.81. The van der Waals surface area contributed by atoms with E-state index in [4.69, 9.17) is 10.5 Å². The zero-order valence-electron chi connectivity index (χ0n) is 11.3. The van der Waals surface area contributed by atoms with Crippen molar-refractivity contribution < 1.29 is 14.3 Å². The van der Waals surface area contributed by atoms with Gasteiger partial charge in [0, 0.05) is 6.42 Å². The first-order valence-corrected chi connectivity index (χ1v) is 6.26. The molecule has 104 valence electrons. The molecule has 1 aromatic rings. The van der Waals surface area contributed by atoms with Gasteiger partial charge in [-0.05, 0) is 12.0 Å². The Hall–Kier alpha value is -1.88. The Morgan fingerprint density at radius 1 is 1.32 bits per heavy atom. The van der Waals surface area contributed by atoms with Crippen molar-refractivity contribution in [2.24, 2.45) is 5.73 Å². The van der Waals surface area contributed by atoms with Gasteiger partial charge >= 0.3 is 5.97 Å². The number of nitrogens with one attached hydrogen (secondary N) is 1. The van der Waals surface area contributed by atoms with Crippen LogP contribution in [0.15, 0.2) is 30.3 Å². The summed E-state index contributed by atoms with van der Waals surface area (Å²) in [5.41, 5.74) is 6.58. The second-order valence-corrected chi connectivity index (χ2v) is 4.29. The Morgan fingerprint density at radius 3 is 2.47 bits per heavy atom. The summed E-state index contributed by atoms with van der Waals surface area (Å²) in [6.07, 6.45) is 0.904. The predicted octanol–water partition coefficient (Wildman–Crippen LogP) is 0.624. The first kappa shape index (κ1) is 15.2. The third-order valence-electron chi connectivity index (χ3n) is 2.86. The lowest BCUT2D eigenvalue weighted by Crippen LogP contribution is -2.49. The maximum absolute atomic E-state index is 11.8. The number of esters is 1. The zero-order valence-corrected chi connectivity index (χ0v) is 11.3. The van der Waals surface area contributed by atoms with E-state index >= 15 is 0 Å². The van der Waals surface area contributed by atoms with E-state index in [-0.39, 0.29) is 5.91 Å². The van der Waals surface area contributed by atoms with Crippen molar-refractivity contribution in [2.75, 3.05) is 7.11 Å². The van der Waals surface area contributed by atoms with E-state index in [0.29, 0.717) is 12.8 Å². The van der Waals surface area contributed by atoms with Gasteiger partial charge in [0.25, 0.3) is 0 Å². The van der Waals surface area contributed by atoms with Crippen LogP contribution in [0.4, 0.5) is 0 Å². The number of rotatable bonds is 6. The molecule has 0 bridgehead atoms. The fourth-order valence-corrected chi connectivity index (χ4v) is 1.65. The Labute approximate surface area is 113 Å². The van der Waals surface area contributed by atoms with E-state index in [1.165, 1.54) is 7.11 Å². The summed E-state index contributed by atoms with van der Waals surface area (Å²) in [4.78, 5) is 23.4. The molecule has 2 atom stereocenters. The van der Waals surface area contributed by atoms with Crippen molar-refractivity contribution in [3.63, 3.8) is 0 Å². The summed E-state index contributed by atoms with van der Waals surface area (Å²) in [7, 11) is 1.30. The lowest BCUT2D eigenvalue weighted by molar-refractivity contribution is -0.145. The van der Waals surface area contributed by atoms with Crippen molar-refractivity contribution in [1.29, 1.82) is 0 Å². The molecule has 0 saturated carbocycles. The standard InChI is InChI=1S/C14H20N2O3/c1-3-11(15)13(17)16-12(14(18)19-2)9-10-7-5-4-6-8-10/h4-8,11-12H,3,9,15H2,1-2H3,(H,16,17)/t11-,12?/m1/s1. The molecule has 5 nitrogen and oxygen atoms in total. The van der Waals surface area contributed by atoms with Gasteiger partial charge in [-0.25, -0.2) is 4.79 Å². The van der Waals surface area contributed by atoms with Crippen molar-refractivity contribution in [1.82, 2.24) is 5.32 Å². The highest BCUT2D eigenvalue weighted by Crippen LogP contribution is 2.05. The number of hydrogen-bond acceptors (Lipinski definition) is 4. The summed E-state index contributed by atoms with van der Waals surface area (Å²) in [5, 5.41) is 2.63. The number of benzene rings is 1. The maximum Gasteiger partial charge on any atom is 0.328 e. The van der Waals surface area contributed by atoms with Crippen molar-refractivity contribution in [2.45, 2.75) is 31.8 Å². The van der Waals surface area contributed by atoms with Crippen LogP contribution < -0.4 is 11.1 Å². The van der Waals surface area contributed by atoms with Gasteiger partial charge in [0.15, 0.2) is 0 Å². The summed E-state index contributed by atoms with van der Waals surface area (Å²) in [6, 6.07) is 8.11. The molecule has 0 saturated heterocycles. The first-order chi connectivity index (χ1) is 9.08. The molecule has 1 unspecified atom stereocenters. The number of amides is 1. The van der Waals surface area contributed by atoms with Crippen LogP contribution >= 0.6 is 0 Å². The largest absolute Gasteiger partial charge is 0.467 e. The van der Waals surface area contributed by atoms with E-state index in [1.807, 2.05) is 37.3 Å². The average Bonchev–Trinajstić information content (AvgIpc) is 2.45. The summed E-state index contributed by atoms with van der Waals surface area (Å²) >= 11 is 0. The second-order valence-electron chi connectivity index (χ2n) is 4.29. The molecule has 0 spiro atoms. The third kappa shape index (κ3) is 4.71. The molecule has 19 heavy (non-hydrogen) atoms. The van der Waals surface area contributed by atoms with Crippen LogP contribution in [0.1, 0.15) is 18.9 Å². The maximum atomic E-state index is 11.8. The molecule has 1 rings (SSSR count). The minimum atomic E-state index is -0.711. The Kier molecular flexibility index (Phi) is 6.02. The van der Waals surface area contributed by atoms with Gasteiger partial charge in [0.2, 0.25) is 5.91 Å². The third-order valence-corrected chi connectivity index (χ3v) is 2.86. The quantitative estimate of drug-likeness (QED) is 0.738. The van der Waals surface area contributed by atoms with Crippen LogP contribution in [0.3, 0.4) is 0 Å². The highest BCUT2D eigenvalue weighted by molar-refractivity contribution is 5.87. The predicted molar refractivity (Wildman–Crippen MR) is 72.4 cm³/mol. The molecule has 0 aromatic heterocycles. The normalized spacial score (nSPS) is 13.4. The number of methoxy groups -OCH3 is 1. The van der Waals surface area contributed by atoms with Gasteiger partial charge in [-0.15, -0.1) is 0 Å². The van der Waals surface area contributed by atoms with Gasteiger partial charge in [0.05, 0.1) is 13.2 Å². The zero-order chi connectivity index (χ0) is 14.3. The number of hydrogen-bond donors (Lipinski definition) is 2. The molecule has 1 amide bonds. The number of ether oxygens (including phenoxy) is 1. The highest BCUT2D eigenvalue weighted by Gasteiger charge is 2.23. The Morgan fingerprint density at radius 2 is 1.95 bits per heavy atom. The van der Waals surface area contributed by atoms with Crippen LogP contribution in [0.5, 0.6) is 0 Å². The van der Waals surface area contributed by atoms with Crippen molar-refractivity contribution in [3.8, 4) is 0 Å². The molecule has 0 aliphatic rings. The Bertz CT molecular complexity index is 420. The highest BCUT2D eigenvalue weighted by atomic mass is 16.5. The van der Waals surface area contributed by atoms with E-state index in [9.17, 15) is 9.59 Å². The molecule has 0 aliphatic carbocycles. The fourth-order valence-electron chi connectivity index (χ4n) is 1.65. The molecule has 0 aliphatic heterocycles.